The molecular formula is C22H30N2O3. The molecular weight excluding hydrogens is 340 g/mol. The molecule has 0 spiro atoms. The second-order valence-corrected chi connectivity index (χ2v) is 7.82. The minimum atomic E-state index is -0.0955. The topological polar surface area (TPSA) is 60.3 Å². The number of carbonyl (C=O) groups excluding carboxylic acids is 1. The number of nitrogens with one attached hydrogen (secondary N) is 1. The van der Waals surface area contributed by atoms with Crippen LogP contribution in [0.2, 0.25) is 0 Å². The molecule has 1 aliphatic rings. The number of aromatic nitrogens is 1. The molecule has 27 heavy (non-hydrogen) atoms. The monoisotopic (exact) mass is 370 g/mol. The average molecular weight is 370 g/mol. The fourth-order valence-corrected chi connectivity index (χ4v) is 3.98. The maximum Gasteiger partial charge on any atom is 0.254 e. The van der Waals surface area contributed by atoms with Crippen LogP contribution in [0.3, 0.4) is 0 Å². The van der Waals surface area contributed by atoms with Crippen molar-refractivity contribution in [3.8, 4) is 5.75 Å². The van der Waals surface area contributed by atoms with Crippen molar-refractivity contribution in [1.82, 2.24) is 9.88 Å². The van der Waals surface area contributed by atoms with Crippen LogP contribution in [0.15, 0.2) is 35.1 Å². The normalized spacial score (nSPS) is 22.6. The van der Waals surface area contributed by atoms with E-state index in [-0.39, 0.29) is 11.5 Å². The van der Waals surface area contributed by atoms with Gasteiger partial charge in [0.2, 0.25) is 5.91 Å². The molecule has 0 bridgehead atoms. The highest BCUT2D eigenvalue weighted by atomic mass is 16.5. The Morgan fingerprint density at radius 2 is 2.04 bits per heavy atom. The summed E-state index contributed by atoms with van der Waals surface area (Å²) in [5, 5.41) is 4.11. The van der Waals surface area contributed by atoms with Crippen LogP contribution in [0.25, 0.3) is 10.9 Å². The maximum atomic E-state index is 12.3. The third-order valence-electron chi connectivity index (χ3n) is 5.97. The van der Waals surface area contributed by atoms with Crippen LogP contribution in [-0.4, -0.2) is 23.1 Å². The molecule has 0 saturated heterocycles. The summed E-state index contributed by atoms with van der Waals surface area (Å²) >= 11 is 0. The first kappa shape index (κ1) is 19.5. The van der Waals surface area contributed by atoms with Crippen molar-refractivity contribution < 1.29 is 9.53 Å². The number of carbonyl (C=O) groups is 1. The molecule has 2 aromatic rings. The van der Waals surface area contributed by atoms with Gasteiger partial charge in [0.05, 0.1) is 12.1 Å². The van der Waals surface area contributed by atoms with E-state index in [4.69, 9.17) is 4.74 Å². The molecule has 1 heterocycles. The number of benzene rings is 1. The summed E-state index contributed by atoms with van der Waals surface area (Å²) in [5.74, 6) is 1.88. The SMILES string of the molecule is C[C@H]1[C@H](C)CCC[C@H]1NC(=O)CCCOc1cc(=O)n(C)c2ccccc12. The zero-order valence-electron chi connectivity index (χ0n) is 16.5. The smallest absolute Gasteiger partial charge is 0.254 e. The summed E-state index contributed by atoms with van der Waals surface area (Å²) in [5.41, 5.74) is 0.750. The van der Waals surface area contributed by atoms with E-state index < -0.39 is 0 Å². The Labute approximate surface area is 160 Å². The molecule has 1 saturated carbocycles. The Balaban J connectivity index is 1.52. The van der Waals surface area contributed by atoms with E-state index in [0.717, 1.165) is 17.3 Å². The number of ether oxygens (including phenoxy) is 1. The predicted octanol–water partition coefficient (Wildman–Crippen LogP) is 3.64. The molecule has 1 N–H and O–H groups in total. The highest BCUT2D eigenvalue weighted by Crippen LogP contribution is 2.29. The molecule has 1 aliphatic carbocycles. The van der Waals surface area contributed by atoms with Crippen molar-refractivity contribution in [2.24, 2.45) is 18.9 Å². The van der Waals surface area contributed by atoms with Gasteiger partial charge < -0.3 is 14.6 Å². The van der Waals surface area contributed by atoms with E-state index >= 15 is 0 Å². The van der Waals surface area contributed by atoms with Gasteiger partial charge in [-0.15, -0.1) is 0 Å². The van der Waals surface area contributed by atoms with Gasteiger partial charge in [0, 0.05) is 31.0 Å². The number of hydrogen-bond acceptors (Lipinski definition) is 3. The van der Waals surface area contributed by atoms with Gasteiger partial charge >= 0.3 is 0 Å². The molecule has 1 fully saturated rings. The molecule has 0 aliphatic heterocycles. The van der Waals surface area contributed by atoms with Crippen molar-refractivity contribution in [2.45, 2.75) is 52.0 Å². The van der Waals surface area contributed by atoms with Crippen LogP contribution < -0.4 is 15.6 Å². The van der Waals surface area contributed by atoms with E-state index in [9.17, 15) is 9.59 Å². The Morgan fingerprint density at radius 1 is 1.26 bits per heavy atom. The van der Waals surface area contributed by atoms with E-state index in [0.29, 0.717) is 43.1 Å². The van der Waals surface area contributed by atoms with Crippen molar-refractivity contribution in [1.29, 1.82) is 0 Å². The van der Waals surface area contributed by atoms with Crippen molar-refractivity contribution >= 4 is 16.8 Å². The molecule has 5 nitrogen and oxygen atoms in total. The lowest BCUT2D eigenvalue weighted by molar-refractivity contribution is -0.122. The highest BCUT2D eigenvalue weighted by molar-refractivity contribution is 5.85. The standard InChI is InChI=1S/C22H30N2O3/c1-15-8-6-10-18(16(15)2)23-21(25)12-7-13-27-20-14-22(26)24(3)19-11-5-4-9-17(19)20/h4-5,9,11,14-16,18H,6-8,10,12-13H2,1-3H3,(H,23,25)/t15-,16+,18-/m1/s1. The van der Waals surface area contributed by atoms with Crippen molar-refractivity contribution in [2.75, 3.05) is 6.61 Å². The molecule has 1 amide bonds. The van der Waals surface area contributed by atoms with Crippen LogP contribution in [0.5, 0.6) is 5.75 Å². The first-order valence-electron chi connectivity index (χ1n) is 9.98. The number of fused-ring (bicyclic) bond motifs is 1. The van der Waals surface area contributed by atoms with Gasteiger partial charge in [-0.3, -0.25) is 9.59 Å². The van der Waals surface area contributed by atoms with Gasteiger partial charge in [-0.05, 0) is 36.8 Å². The lowest BCUT2D eigenvalue weighted by Crippen LogP contribution is -2.43. The Kier molecular flexibility index (Phi) is 6.19. The quantitative estimate of drug-likeness (QED) is 0.790. The molecule has 0 radical (unpaired) electrons. The first-order chi connectivity index (χ1) is 13.0. The molecule has 0 unspecified atom stereocenters. The maximum absolute atomic E-state index is 12.3. The third-order valence-corrected chi connectivity index (χ3v) is 5.97. The number of amides is 1. The van der Waals surface area contributed by atoms with Crippen molar-refractivity contribution in [3.05, 3.63) is 40.7 Å². The van der Waals surface area contributed by atoms with E-state index in [1.807, 2.05) is 24.3 Å². The fraction of sp³-hybridized carbons (Fsp3) is 0.545. The van der Waals surface area contributed by atoms with Crippen LogP contribution in [0.4, 0.5) is 0 Å². The van der Waals surface area contributed by atoms with Gasteiger partial charge in [-0.2, -0.15) is 0 Å². The molecule has 146 valence electrons. The summed E-state index contributed by atoms with van der Waals surface area (Å²) in [6, 6.07) is 9.50. The summed E-state index contributed by atoms with van der Waals surface area (Å²) in [6.07, 6.45) is 4.60. The van der Waals surface area contributed by atoms with E-state index in [1.54, 1.807) is 11.6 Å². The van der Waals surface area contributed by atoms with E-state index in [2.05, 4.69) is 19.2 Å². The van der Waals surface area contributed by atoms with Gasteiger partial charge in [0.15, 0.2) is 0 Å². The number of nitrogens with zero attached hydrogens (tertiary/aromatic N) is 1. The minimum absolute atomic E-state index is 0.0955. The van der Waals surface area contributed by atoms with Crippen LogP contribution in [0, 0.1) is 11.8 Å². The van der Waals surface area contributed by atoms with Gasteiger partial charge in [-0.1, -0.05) is 38.8 Å². The lowest BCUT2D eigenvalue weighted by Gasteiger charge is -2.34. The molecule has 5 heteroatoms. The summed E-state index contributed by atoms with van der Waals surface area (Å²) in [7, 11) is 1.76. The molecule has 1 aromatic heterocycles. The number of pyridine rings is 1. The van der Waals surface area contributed by atoms with Crippen LogP contribution in [0.1, 0.15) is 46.0 Å². The fourth-order valence-electron chi connectivity index (χ4n) is 3.98. The number of hydrogen-bond donors (Lipinski definition) is 1. The molecule has 3 rings (SSSR count). The molecule has 3 atom stereocenters. The van der Waals surface area contributed by atoms with Crippen LogP contribution in [-0.2, 0) is 11.8 Å². The highest BCUT2D eigenvalue weighted by Gasteiger charge is 2.27. The Bertz CT molecular complexity index is 858. The number of para-hydroxylation sites is 1. The van der Waals surface area contributed by atoms with E-state index in [1.165, 1.54) is 18.9 Å². The largest absolute Gasteiger partial charge is 0.493 e. The first-order valence-corrected chi connectivity index (χ1v) is 9.98. The lowest BCUT2D eigenvalue weighted by atomic mass is 9.78. The van der Waals surface area contributed by atoms with Gasteiger partial charge in [0.1, 0.15) is 5.75 Å². The van der Waals surface area contributed by atoms with Crippen LogP contribution >= 0.6 is 0 Å². The second kappa shape index (κ2) is 8.59. The third kappa shape index (κ3) is 4.52. The predicted molar refractivity (Wildman–Crippen MR) is 108 cm³/mol. The van der Waals surface area contributed by atoms with Gasteiger partial charge in [-0.25, -0.2) is 0 Å². The summed E-state index contributed by atoms with van der Waals surface area (Å²) in [6.45, 7) is 4.92. The number of aryl methyl sites for hydroxylation is 1. The summed E-state index contributed by atoms with van der Waals surface area (Å²) < 4.78 is 7.45. The second-order valence-electron chi connectivity index (χ2n) is 7.82. The van der Waals surface area contributed by atoms with Gasteiger partial charge in [0.25, 0.3) is 5.56 Å². The average Bonchev–Trinajstić information content (AvgIpc) is 2.66. The Hall–Kier alpha value is -2.30. The zero-order chi connectivity index (χ0) is 19.4. The summed E-state index contributed by atoms with van der Waals surface area (Å²) in [4.78, 5) is 24.4. The zero-order valence-corrected chi connectivity index (χ0v) is 16.5. The minimum Gasteiger partial charge on any atom is -0.493 e. The Morgan fingerprint density at radius 3 is 2.85 bits per heavy atom. The molecule has 1 aromatic carbocycles. The van der Waals surface area contributed by atoms with Crippen molar-refractivity contribution in [3.63, 3.8) is 0 Å². The number of rotatable bonds is 6.